The Morgan fingerprint density at radius 2 is 2.06 bits per heavy atom. The Hall–Kier alpha value is -1.21. The number of aromatic nitrogens is 2. The van der Waals surface area contributed by atoms with Crippen LogP contribution in [-0.4, -0.2) is 42.0 Å². The van der Waals surface area contributed by atoms with Crippen LogP contribution in [0.4, 0.5) is 5.95 Å². The van der Waals surface area contributed by atoms with Crippen LogP contribution in [0.15, 0.2) is 12.3 Å². The van der Waals surface area contributed by atoms with Gasteiger partial charge in [0.05, 0.1) is 6.26 Å². The third-order valence-electron chi connectivity index (χ3n) is 3.04. The highest BCUT2D eigenvalue weighted by Gasteiger charge is 2.26. The second-order valence-electron chi connectivity index (χ2n) is 4.28. The lowest BCUT2D eigenvalue weighted by molar-refractivity contribution is 0.318. The van der Waals surface area contributed by atoms with Crippen LogP contribution in [0.3, 0.4) is 0 Å². The number of anilines is 1. The maximum Gasteiger partial charge on any atom is 0.220 e. The Morgan fingerprint density at radius 1 is 1.41 bits per heavy atom. The fourth-order valence-electron chi connectivity index (χ4n) is 2.10. The molecule has 1 saturated heterocycles. The minimum atomic E-state index is -3.06. The van der Waals surface area contributed by atoms with Gasteiger partial charge >= 0.3 is 0 Å². The van der Waals surface area contributed by atoms with Gasteiger partial charge in [0.25, 0.3) is 0 Å². The number of sulfonamides is 1. The Kier molecular flexibility index (Phi) is 3.30. The number of rotatable bonds is 2. The van der Waals surface area contributed by atoms with E-state index in [1.165, 1.54) is 10.6 Å². The highest BCUT2D eigenvalue weighted by molar-refractivity contribution is 7.88. The molecule has 0 aliphatic carbocycles. The van der Waals surface area contributed by atoms with E-state index in [1.54, 1.807) is 6.20 Å². The predicted molar refractivity (Wildman–Crippen MR) is 64.8 cm³/mol. The van der Waals surface area contributed by atoms with E-state index in [1.807, 2.05) is 6.07 Å². The van der Waals surface area contributed by atoms with Crippen molar-refractivity contribution in [3.8, 4) is 0 Å². The second kappa shape index (κ2) is 4.58. The average Bonchev–Trinajstić information content (AvgIpc) is 2.28. The molecule has 2 heterocycles. The minimum absolute atomic E-state index is 0.271. The molecule has 2 N–H and O–H groups in total. The van der Waals surface area contributed by atoms with E-state index in [4.69, 9.17) is 5.73 Å². The largest absolute Gasteiger partial charge is 0.368 e. The number of nitrogens with two attached hydrogens (primary N) is 1. The summed E-state index contributed by atoms with van der Waals surface area (Å²) in [5.41, 5.74) is 6.44. The van der Waals surface area contributed by atoms with E-state index >= 15 is 0 Å². The monoisotopic (exact) mass is 256 g/mol. The molecule has 2 rings (SSSR count). The lowest BCUT2D eigenvalue weighted by Gasteiger charge is -2.29. The number of piperidine rings is 1. The van der Waals surface area contributed by atoms with E-state index in [2.05, 4.69) is 9.97 Å². The number of nitrogens with zero attached hydrogens (tertiary/aromatic N) is 3. The van der Waals surface area contributed by atoms with Gasteiger partial charge in [0.15, 0.2) is 0 Å². The Labute approximate surface area is 101 Å². The first-order chi connectivity index (χ1) is 7.97. The quantitative estimate of drug-likeness (QED) is 0.816. The molecule has 0 radical (unpaired) electrons. The summed E-state index contributed by atoms with van der Waals surface area (Å²) in [6.07, 6.45) is 4.45. The van der Waals surface area contributed by atoms with Crippen molar-refractivity contribution in [1.29, 1.82) is 0 Å². The van der Waals surface area contributed by atoms with Crippen LogP contribution in [-0.2, 0) is 10.0 Å². The van der Waals surface area contributed by atoms with Gasteiger partial charge in [-0.15, -0.1) is 0 Å². The van der Waals surface area contributed by atoms with Crippen molar-refractivity contribution in [2.24, 2.45) is 0 Å². The van der Waals surface area contributed by atoms with Gasteiger partial charge in [-0.3, -0.25) is 0 Å². The zero-order valence-corrected chi connectivity index (χ0v) is 10.5. The molecular weight excluding hydrogens is 240 g/mol. The molecule has 94 valence electrons. The molecule has 0 unspecified atom stereocenters. The average molecular weight is 256 g/mol. The van der Waals surface area contributed by atoms with Crippen LogP contribution < -0.4 is 5.73 Å². The second-order valence-corrected chi connectivity index (χ2v) is 6.26. The lowest BCUT2D eigenvalue weighted by atomic mass is 9.94. The molecule has 0 spiro atoms. The maximum atomic E-state index is 11.4. The smallest absolute Gasteiger partial charge is 0.220 e. The van der Waals surface area contributed by atoms with E-state index in [-0.39, 0.29) is 11.9 Å². The molecule has 1 aromatic rings. The van der Waals surface area contributed by atoms with Crippen LogP contribution in [0.25, 0.3) is 0 Å². The van der Waals surface area contributed by atoms with Gasteiger partial charge in [-0.1, -0.05) is 0 Å². The minimum Gasteiger partial charge on any atom is -0.368 e. The third kappa shape index (κ3) is 2.92. The van der Waals surface area contributed by atoms with Crippen molar-refractivity contribution in [3.63, 3.8) is 0 Å². The molecule has 17 heavy (non-hydrogen) atoms. The summed E-state index contributed by atoms with van der Waals surface area (Å²) in [5.74, 6) is 0.548. The molecule has 6 nitrogen and oxygen atoms in total. The van der Waals surface area contributed by atoms with Gasteiger partial charge < -0.3 is 5.73 Å². The summed E-state index contributed by atoms with van der Waals surface area (Å²) < 4.78 is 24.2. The van der Waals surface area contributed by atoms with Crippen molar-refractivity contribution >= 4 is 16.0 Å². The molecule has 7 heteroatoms. The first-order valence-corrected chi connectivity index (χ1v) is 7.35. The molecule has 0 aromatic carbocycles. The first-order valence-electron chi connectivity index (χ1n) is 5.50. The van der Waals surface area contributed by atoms with Crippen molar-refractivity contribution in [3.05, 3.63) is 18.0 Å². The van der Waals surface area contributed by atoms with Crippen molar-refractivity contribution in [2.75, 3.05) is 25.1 Å². The predicted octanol–water partition coefficient (Wildman–Crippen LogP) is 0.198. The number of hydrogen-bond donors (Lipinski definition) is 1. The van der Waals surface area contributed by atoms with Crippen LogP contribution >= 0.6 is 0 Å². The van der Waals surface area contributed by atoms with Crippen LogP contribution in [0.2, 0.25) is 0 Å². The molecule has 0 bridgehead atoms. The summed E-state index contributed by atoms with van der Waals surface area (Å²) >= 11 is 0. The van der Waals surface area contributed by atoms with E-state index in [0.717, 1.165) is 18.5 Å². The Bertz CT molecular complexity index is 495. The molecule has 1 fully saturated rings. The van der Waals surface area contributed by atoms with Crippen LogP contribution in [0.5, 0.6) is 0 Å². The summed E-state index contributed by atoms with van der Waals surface area (Å²) in [7, 11) is -3.06. The van der Waals surface area contributed by atoms with E-state index in [9.17, 15) is 8.42 Å². The Balaban J connectivity index is 2.05. The van der Waals surface area contributed by atoms with Gasteiger partial charge in [-0.25, -0.2) is 22.7 Å². The lowest BCUT2D eigenvalue weighted by Crippen LogP contribution is -2.37. The molecule has 0 atom stereocenters. The topological polar surface area (TPSA) is 89.2 Å². The van der Waals surface area contributed by atoms with Crippen molar-refractivity contribution < 1.29 is 8.42 Å². The van der Waals surface area contributed by atoms with Gasteiger partial charge in [0.1, 0.15) is 0 Å². The highest BCUT2D eigenvalue weighted by Crippen LogP contribution is 2.27. The van der Waals surface area contributed by atoms with Gasteiger partial charge in [0.2, 0.25) is 16.0 Å². The van der Waals surface area contributed by atoms with E-state index < -0.39 is 10.0 Å². The molecule has 1 aliphatic rings. The molecule has 0 saturated carbocycles. The molecule has 1 aromatic heterocycles. The fraction of sp³-hybridized carbons (Fsp3) is 0.600. The summed E-state index contributed by atoms with van der Waals surface area (Å²) in [6.45, 7) is 1.10. The highest BCUT2D eigenvalue weighted by atomic mass is 32.2. The summed E-state index contributed by atoms with van der Waals surface area (Å²) in [5, 5.41) is 0. The number of nitrogen functional groups attached to an aromatic ring is 1. The van der Waals surface area contributed by atoms with Crippen molar-refractivity contribution in [1.82, 2.24) is 14.3 Å². The SMILES string of the molecule is CS(=O)(=O)N1CCC(c2ccnc(N)n2)CC1. The summed E-state index contributed by atoms with van der Waals surface area (Å²) in [4.78, 5) is 8.03. The zero-order valence-electron chi connectivity index (χ0n) is 9.70. The molecule has 0 amide bonds. The van der Waals surface area contributed by atoms with Gasteiger partial charge in [-0.05, 0) is 18.9 Å². The normalized spacial score (nSPS) is 19.4. The molecule has 1 aliphatic heterocycles. The Morgan fingerprint density at radius 3 is 2.59 bits per heavy atom. The van der Waals surface area contributed by atoms with Crippen LogP contribution in [0.1, 0.15) is 24.5 Å². The fourth-order valence-corrected chi connectivity index (χ4v) is 2.97. The zero-order chi connectivity index (χ0) is 12.5. The van der Waals surface area contributed by atoms with Gasteiger partial charge in [0, 0.05) is 30.9 Å². The van der Waals surface area contributed by atoms with E-state index in [0.29, 0.717) is 13.1 Å². The van der Waals surface area contributed by atoms with Gasteiger partial charge in [-0.2, -0.15) is 0 Å². The standard InChI is InChI=1S/C10H16N4O2S/c1-17(15,16)14-6-3-8(4-7-14)9-2-5-12-10(11)13-9/h2,5,8H,3-4,6-7H2,1H3,(H2,11,12,13). The van der Waals surface area contributed by atoms with Crippen LogP contribution in [0, 0.1) is 0 Å². The maximum absolute atomic E-state index is 11.4. The van der Waals surface area contributed by atoms with Crippen molar-refractivity contribution in [2.45, 2.75) is 18.8 Å². The first kappa shape index (κ1) is 12.3. The third-order valence-corrected chi connectivity index (χ3v) is 4.34. The number of hydrogen-bond acceptors (Lipinski definition) is 5. The summed E-state index contributed by atoms with van der Waals surface area (Å²) in [6, 6.07) is 1.84. The molecular formula is C10H16N4O2S.